The fraction of sp³-hybridized carbons (Fsp3) is 0.429. The Kier molecular flexibility index (Phi) is 2.89. The van der Waals surface area contributed by atoms with Gasteiger partial charge in [0.15, 0.2) is 5.82 Å². The predicted octanol–water partition coefficient (Wildman–Crippen LogP) is 2.67. The van der Waals surface area contributed by atoms with Crippen molar-refractivity contribution in [3.63, 3.8) is 0 Å². The summed E-state index contributed by atoms with van der Waals surface area (Å²) >= 11 is 0. The number of aromatic amines is 1. The Morgan fingerprint density at radius 3 is 2.32 bits per heavy atom. The molecule has 1 saturated carbocycles. The van der Waals surface area contributed by atoms with Gasteiger partial charge in [0, 0.05) is 5.92 Å². The number of ether oxygens (including phenoxy) is 2. The molecular weight excluding hydrogens is 242 g/mol. The summed E-state index contributed by atoms with van der Waals surface area (Å²) in [5.74, 6) is 3.61. The van der Waals surface area contributed by atoms with Crippen LogP contribution in [0.4, 0.5) is 0 Å². The van der Waals surface area contributed by atoms with Crippen LogP contribution in [0, 0.1) is 6.92 Å². The van der Waals surface area contributed by atoms with Gasteiger partial charge in [0.25, 0.3) is 0 Å². The second kappa shape index (κ2) is 4.57. The smallest absolute Gasteiger partial charge is 0.188 e. The third kappa shape index (κ3) is 2.16. The quantitative estimate of drug-likeness (QED) is 0.917. The third-order valence-electron chi connectivity index (χ3n) is 3.34. The number of nitrogens with one attached hydrogen (secondary N) is 1. The summed E-state index contributed by atoms with van der Waals surface area (Å²) in [6.07, 6.45) is 2.38. The Balaban J connectivity index is 2.10. The van der Waals surface area contributed by atoms with Crippen molar-refractivity contribution in [2.24, 2.45) is 0 Å². The molecule has 0 bridgehead atoms. The maximum absolute atomic E-state index is 5.43. The molecule has 0 atom stereocenters. The van der Waals surface area contributed by atoms with E-state index in [4.69, 9.17) is 9.47 Å². The number of aryl methyl sites for hydroxylation is 1. The fourth-order valence-corrected chi connectivity index (χ4v) is 2.19. The topological polar surface area (TPSA) is 60.0 Å². The van der Waals surface area contributed by atoms with Crippen molar-refractivity contribution in [2.45, 2.75) is 25.7 Å². The first kappa shape index (κ1) is 12.0. The SMILES string of the molecule is COc1cc(C)cc(OC)c1-c1n[nH]c(C2CC2)n1. The van der Waals surface area contributed by atoms with Gasteiger partial charge in [-0.3, -0.25) is 5.10 Å². The molecule has 100 valence electrons. The molecule has 5 heteroatoms. The highest BCUT2D eigenvalue weighted by Crippen LogP contribution is 2.41. The van der Waals surface area contributed by atoms with E-state index in [2.05, 4.69) is 15.2 Å². The molecule has 1 heterocycles. The zero-order valence-corrected chi connectivity index (χ0v) is 11.4. The van der Waals surface area contributed by atoms with Gasteiger partial charge in [0.05, 0.1) is 14.2 Å². The second-order valence-corrected chi connectivity index (χ2v) is 4.86. The number of rotatable bonds is 4. The molecule has 19 heavy (non-hydrogen) atoms. The van der Waals surface area contributed by atoms with E-state index >= 15 is 0 Å². The summed E-state index contributed by atoms with van der Waals surface area (Å²) < 4.78 is 10.9. The summed E-state index contributed by atoms with van der Waals surface area (Å²) in [5, 5.41) is 7.31. The fourth-order valence-electron chi connectivity index (χ4n) is 2.19. The lowest BCUT2D eigenvalue weighted by molar-refractivity contribution is 0.396. The van der Waals surface area contributed by atoms with Crippen LogP contribution in [-0.4, -0.2) is 29.4 Å². The molecule has 1 aromatic heterocycles. The van der Waals surface area contributed by atoms with Gasteiger partial charge in [-0.25, -0.2) is 4.98 Å². The first-order valence-electron chi connectivity index (χ1n) is 6.38. The molecule has 1 N–H and O–H groups in total. The van der Waals surface area contributed by atoms with Gasteiger partial charge >= 0.3 is 0 Å². The molecule has 1 aliphatic carbocycles. The largest absolute Gasteiger partial charge is 0.496 e. The first-order valence-corrected chi connectivity index (χ1v) is 6.38. The van der Waals surface area contributed by atoms with E-state index in [0.717, 1.165) is 28.5 Å². The maximum atomic E-state index is 5.43. The van der Waals surface area contributed by atoms with Crippen molar-refractivity contribution in [1.82, 2.24) is 15.2 Å². The number of H-pyrrole nitrogens is 1. The van der Waals surface area contributed by atoms with E-state index < -0.39 is 0 Å². The molecule has 3 rings (SSSR count). The predicted molar refractivity (Wildman–Crippen MR) is 71.6 cm³/mol. The standard InChI is InChI=1S/C14H17N3O2/c1-8-6-10(18-2)12(11(7-8)19-3)14-15-13(16-17-14)9-4-5-9/h6-7,9H,4-5H2,1-3H3,(H,15,16,17). The average molecular weight is 259 g/mol. The number of nitrogens with zero attached hydrogens (tertiary/aromatic N) is 2. The molecule has 1 aromatic carbocycles. The number of hydrogen-bond acceptors (Lipinski definition) is 4. The van der Waals surface area contributed by atoms with Crippen molar-refractivity contribution in [3.8, 4) is 22.9 Å². The van der Waals surface area contributed by atoms with Crippen molar-refractivity contribution < 1.29 is 9.47 Å². The van der Waals surface area contributed by atoms with E-state index in [1.165, 1.54) is 12.8 Å². The minimum atomic E-state index is 0.545. The lowest BCUT2D eigenvalue weighted by Crippen LogP contribution is -1.95. The van der Waals surface area contributed by atoms with Crippen LogP contribution < -0.4 is 9.47 Å². The third-order valence-corrected chi connectivity index (χ3v) is 3.34. The van der Waals surface area contributed by atoms with Crippen LogP contribution >= 0.6 is 0 Å². The first-order chi connectivity index (χ1) is 9.22. The Hall–Kier alpha value is -2.04. The average Bonchev–Trinajstić information content (AvgIpc) is 3.16. The molecule has 0 spiro atoms. The summed E-state index contributed by atoms with van der Waals surface area (Å²) in [7, 11) is 3.29. The summed E-state index contributed by atoms with van der Waals surface area (Å²) in [6.45, 7) is 2.00. The Morgan fingerprint density at radius 1 is 1.16 bits per heavy atom. The monoisotopic (exact) mass is 259 g/mol. The molecule has 0 radical (unpaired) electrons. The molecule has 0 saturated heterocycles. The number of methoxy groups -OCH3 is 2. The van der Waals surface area contributed by atoms with Gasteiger partial charge in [-0.05, 0) is 37.5 Å². The van der Waals surface area contributed by atoms with Gasteiger partial charge in [0.2, 0.25) is 0 Å². The molecule has 1 aliphatic rings. The minimum absolute atomic E-state index is 0.545. The normalized spacial score (nSPS) is 14.5. The number of aromatic nitrogens is 3. The van der Waals surface area contributed by atoms with Crippen LogP contribution in [0.3, 0.4) is 0 Å². The van der Waals surface area contributed by atoms with Gasteiger partial charge < -0.3 is 9.47 Å². The van der Waals surface area contributed by atoms with Crippen molar-refractivity contribution in [3.05, 3.63) is 23.5 Å². The molecule has 2 aromatic rings. The summed E-state index contributed by atoms with van der Waals surface area (Å²) in [4.78, 5) is 4.56. The molecule has 5 nitrogen and oxygen atoms in total. The van der Waals surface area contributed by atoms with Crippen LogP contribution in [0.1, 0.15) is 30.1 Å². The lowest BCUT2D eigenvalue weighted by atomic mass is 10.1. The van der Waals surface area contributed by atoms with Crippen LogP contribution in [0.2, 0.25) is 0 Å². The second-order valence-electron chi connectivity index (χ2n) is 4.86. The number of hydrogen-bond donors (Lipinski definition) is 1. The zero-order chi connectivity index (χ0) is 13.4. The minimum Gasteiger partial charge on any atom is -0.496 e. The van der Waals surface area contributed by atoms with Gasteiger partial charge in [-0.2, -0.15) is 5.10 Å². The zero-order valence-electron chi connectivity index (χ0n) is 11.4. The Morgan fingerprint density at radius 2 is 1.79 bits per heavy atom. The summed E-state index contributed by atoms with van der Waals surface area (Å²) in [5.41, 5.74) is 1.88. The molecule has 0 amide bonds. The van der Waals surface area contributed by atoms with Crippen molar-refractivity contribution in [2.75, 3.05) is 14.2 Å². The van der Waals surface area contributed by atoms with Gasteiger partial charge in [-0.1, -0.05) is 0 Å². The van der Waals surface area contributed by atoms with Crippen molar-refractivity contribution in [1.29, 1.82) is 0 Å². The highest BCUT2D eigenvalue weighted by molar-refractivity contribution is 5.72. The Labute approximate surface area is 112 Å². The number of benzene rings is 1. The highest BCUT2D eigenvalue weighted by atomic mass is 16.5. The van der Waals surface area contributed by atoms with Crippen LogP contribution in [-0.2, 0) is 0 Å². The molecular formula is C14H17N3O2. The van der Waals surface area contributed by atoms with Crippen LogP contribution in [0.5, 0.6) is 11.5 Å². The van der Waals surface area contributed by atoms with Crippen LogP contribution in [0.25, 0.3) is 11.4 Å². The molecule has 1 fully saturated rings. The molecule has 0 unspecified atom stereocenters. The van der Waals surface area contributed by atoms with Crippen molar-refractivity contribution >= 4 is 0 Å². The van der Waals surface area contributed by atoms with E-state index in [0.29, 0.717) is 11.7 Å². The van der Waals surface area contributed by atoms with Crippen LogP contribution in [0.15, 0.2) is 12.1 Å². The maximum Gasteiger partial charge on any atom is 0.188 e. The summed E-state index contributed by atoms with van der Waals surface area (Å²) in [6, 6.07) is 3.93. The molecule has 0 aliphatic heterocycles. The van der Waals surface area contributed by atoms with Gasteiger partial charge in [-0.15, -0.1) is 0 Å². The Bertz CT molecular complexity index is 577. The van der Waals surface area contributed by atoms with Gasteiger partial charge in [0.1, 0.15) is 22.9 Å². The van der Waals surface area contributed by atoms with E-state index in [-0.39, 0.29) is 0 Å². The lowest BCUT2D eigenvalue weighted by Gasteiger charge is -2.11. The van der Waals surface area contributed by atoms with E-state index in [1.54, 1.807) is 14.2 Å². The highest BCUT2D eigenvalue weighted by Gasteiger charge is 2.28. The van der Waals surface area contributed by atoms with E-state index in [1.807, 2.05) is 19.1 Å². The van der Waals surface area contributed by atoms with E-state index in [9.17, 15) is 0 Å².